The molecule has 0 fully saturated rings. The van der Waals surface area contributed by atoms with Crippen molar-refractivity contribution in [1.29, 1.82) is 0 Å². The van der Waals surface area contributed by atoms with Crippen LogP contribution in [0.4, 0.5) is 4.39 Å². The van der Waals surface area contributed by atoms with E-state index in [1.165, 1.54) is 12.1 Å². The second kappa shape index (κ2) is 7.35. The SMILES string of the molecule is O=C(COc1ccc(Br)cc1F)NCCc1nccs1. The van der Waals surface area contributed by atoms with Crippen molar-refractivity contribution >= 4 is 33.2 Å². The van der Waals surface area contributed by atoms with Crippen molar-refractivity contribution in [3.05, 3.63) is 45.1 Å². The Hall–Kier alpha value is -1.47. The molecule has 0 aliphatic carbocycles. The van der Waals surface area contributed by atoms with Gasteiger partial charge in [0.15, 0.2) is 18.2 Å². The van der Waals surface area contributed by atoms with Gasteiger partial charge in [-0.2, -0.15) is 0 Å². The van der Waals surface area contributed by atoms with Gasteiger partial charge in [-0.3, -0.25) is 4.79 Å². The number of halogens is 2. The maximum absolute atomic E-state index is 13.4. The van der Waals surface area contributed by atoms with E-state index in [0.29, 0.717) is 17.4 Å². The van der Waals surface area contributed by atoms with Crippen LogP contribution in [0.15, 0.2) is 34.2 Å². The first kappa shape index (κ1) is 14.9. The van der Waals surface area contributed by atoms with Crippen molar-refractivity contribution in [2.45, 2.75) is 6.42 Å². The van der Waals surface area contributed by atoms with Gasteiger partial charge in [-0.1, -0.05) is 15.9 Å². The Labute approximate surface area is 128 Å². The van der Waals surface area contributed by atoms with E-state index in [2.05, 4.69) is 26.2 Å². The van der Waals surface area contributed by atoms with Crippen LogP contribution in [0.25, 0.3) is 0 Å². The highest BCUT2D eigenvalue weighted by atomic mass is 79.9. The van der Waals surface area contributed by atoms with Crippen LogP contribution in [0, 0.1) is 5.82 Å². The molecule has 0 aliphatic rings. The number of rotatable bonds is 6. The third-order valence-corrected chi connectivity index (χ3v) is 3.73. The van der Waals surface area contributed by atoms with Crippen molar-refractivity contribution in [1.82, 2.24) is 10.3 Å². The molecule has 0 bridgehead atoms. The molecule has 0 spiro atoms. The molecule has 1 aromatic heterocycles. The van der Waals surface area contributed by atoms with Crippen LogP contribution in [-0.4, -0.2) is 24.0 Å². The van der Waals surface area contributed by atoms with Gasteiger partial charge in [0.05, 0.1) is 5.01 Å². The topological polar surface area (TPSA) is 51.2 Å². The van der Waals surface area contributed by atoms with Crippen LogP contribution in [0.1, 0.15) is 5.01 Å². The van der Waals surface area contributed by atoms with Crippen LogP contribution < -0.4 is 10.1 Å². The molecule has 0 saturated heterocycles. The van der Waals surface area contributed by atoms with Gasteiger partial charge in [0, 0.05) is 29.0 Å². The number of nitrogens with one attached hydrogen (secondary N) is 1. The Balaban J connectivity index is 1.72. The summed E-state index contributed by atoms with van der Waals surface area (Å²) < 4.78 is 19.2. The van der Waals surface area contributed by atoms with E-state index in [9.17, 15) is 9.18 Å². The first-order valence-corrected chi connectivity index (χ1v) is 7.55. The average molecular weight is 359 g/mol. The molecule has 1 amide bonds. The quantitative estimate of drug-likeness (QED) is 0.863. The molecule has 20 heavy (non-hydrogen) atoms. The van der Waals surface area contributed by atoms with E-state index < -0.39 is 5.82 Å². The van der Waals surface area contributed by atoms with Gasteiger partial charge in [-0.15, -0.1) is 11.3 Å². The lowest BCUT2D eigenvalue weighted by Crippen LogP contribution is -2.30. The first-order valence-electron chi connectivity index (χ1n) is 5.88. The lowest BCUT2D eigenvalue weighted by molar-refractivity contribution is -0.123. The van der Waals surface area contributed by atoms with Gasteiger partial charge >= 0.3 is 0 Å². The molecular weight excluding hydrogens is 347 g/mol. The molecule has 2 aromatic rings. The standard InChI is InChI=1S/C13H12BrFN2O2S/c14-9-1-2-11(10(15)7-9)19-8-12(18)16-4-3-13-17-5-6-20-13/h1-2,5-7H,3-4,8H2,(H,16,18). The molecule has 0 unspecified atom stereocenters. The largest absolute Gasteiger partial charge is 0.481 e. The van der Waals surface area contributed by atoms with Crippen molar-refractivity contribution in [2.75, 3.05) is 13.2 Å². The summed E-state index contributed by atoms with van der Waals surface area (Å²) in [6.45, 7) is 0.273. The maximum Gasteiger partial charge on any atom is 0.257 e. The molecule has 1 aromatic carbocycles. The van der Waals surface area contributed by atoms with Crippen molar-refractivity contribution in [2.24, 2.45) is 0 Å². The summed E-state index contributed by atoms with van der Waals surface area (Å²) >= 11 is 4.69. The Morgan fingerprint density at radius 2 is 2.35 bits per heavy atom. The Morgan fingerprint density at radius 3 is 3.05 bits per heavy atom. The van der Waals surface area contributed by atoms with E-state index in [4.69, 9.17) is 4.74 Å². The van der Waals surface area contributed by atoms with E-state index in [-0.39, 0.29) is 18.3 Å². The fraction of sp³-hybridized carbons (Fsp3) is 0.231. The monoisotopic (exact) mass is 358 g/mol. The predicted molar refractivity (Wildman–Crippen MR) is 78.4 cm³/mol. The zero-order chi connectivity index (χ0) is 14.4. The molecule has 106 valence electrons. The molecule has 0 atom stereocenters. The van der Waals surface area contributed by atoms with Crippen LogP contribution in [0.3, 0.4) is 0 Å². The van der Waals surface area contributed by atoms with Crippen LogP contribution in [-0.2, 0) is 11.2 Å². The summed E-state index contributed by atoms with van der Waals surface area (Å²) in [7, 11) is 0. The smallest absolute Gasteiger partial charge is 0.257 e. The van der Waals surface area contributed by atoms with Gasteiger partial charge in [0.25, 0.3) is 5.91 Å². The van der Waals surface area contributed by atoms with Gasteiger partial charge in [0.2, 0.25) is 0 Å². The first-order chi connectivity index (χ1) is 9.65. The number of ether oxygens (including phenoxy) is 1. The molecule has 0 radical (unpaired) electrons. The number of hydrogen-bond donors (Lipinski definition) is 1. The van der Waals surface area contributed by atoms with E-state index in [0.717, 1.165) is 5.01 Å². The molecule has 4 nitrogen and oxygen atoms in total. The highest BCUT2D eigenvalue weighted by molar-refractivity contribution is 9.10. The van der Waals surface area contributed by atoms with Crippen molar-refractivity contribution in [3.63, 3.8) is 0 Å². The maximum atomic E-state index is 13.4. The lowest BCUT2D eigenvalue weighted by Gasteiger charge is -2.08. The third-order valence-electron chi connectivity index (χ3n) is 2.40. The summed E-state index contributed by atoms with van der Waals surface area (Å²) in [5.41, 5.74) is 0. The minimum Gasteiger partial charge on any atom is -0.481 e. The van der Waals surface area contributed by atoms with Gasteiger partial charge < -0.3 is 10.1 Å². The van der Waals surface area contributed by atoms with Crippen molar-refractivity contribution < 1.29 is 13.9 Å². The average Bonchev–Trinajstić information content (AvgIpc) is 2.91. The number of carbonyl (C=O) groups excluding carboxylic acids is 1. The normalized spacial score (nSPS) is 10.3. The fourth-order valence-electron chi connectivity index (χ4n) is 1.47. The molecule has 1 N–H and O–H groups in total. The molecule has 7 heteroatoms. The van der Waals surface area contributed by atoms with Crippen LogP contribution >= 0.6 is 27.3 Å². The third kappa shape index (κ3) is 4.57. The van der Waals surface area contributed by atoms with E-state index in [1.807, 2.05) is 5.38 Å². The zero-order valence-electron chi connectivity index (χ0n) is 10.4. The number of benzene rings is 1. The summed E-state index contributed by atoms with van der Waals surface area (Å²) in [4.78, 5) is 15.6. The Morgan fingerprint density at radius 1 is 1.50 bits per heavy atom. The summed E-state index contributed by atoms with van der Waals surface area (Å²) in [5.74, 6) is -0.734. The lowest BCUT2D eigenvalue weighted by atomic mass is 10.3. The minimum atomic E-state index is -0.505. The number of carbonyl (C=O) groups is 1. The molecule has 2 rings (SSSR count). The zero-order valence-corrected chi connectivity index (χ0v) is 12.8. The second-order valence-corrected chi connectivity index (χ2v) is 5.78. The summed E-state index contributed by atoms with van der Waals surface area (Å²) in [6.07, 6.45) is 2.40. The summed E-state index contributed by atoms with van der Waals surface area (Å²) in [6, 6.07) is 4.41. The van der Waals surface area contributed by atoms with Crippen LogP contribution in [0.5, 0.6) is 5.75 Å². The number of thiazole rings is 1. The van der Waals surface area contributed by atoms with E-state index in [1.54, 1.807) is 23.6 Å². The number of amides is 1. The van der Waals surface area contributed by atoms with E-state index >= 15 is 0 Å². The molecule has 1 heterocycles. The molecular formula is C13H12BrFN2O2S. The highest BCUT2D eigenvalue weighted by Crippen LogP contribution is 2.21. The number of hydrogen-bond acceptors (Lipinski definition) is 4. The van der Waals surface area contributed by atoms with Gasteiger partial charge in [0.1, 0.15) is 0 Å². The summed E-state index contributed by atoms with van der Waals surface area (Å²) in [5, 5.41) is 5.54. The Kier molecular flexibility index (Phi) is 5.49. The van der Waals surface area contributed by atoms with Gasteiger partial charge in [-0.05, 0) is 18.2 Å². The second-order valence-electron chi connectivity index (χ2n) is 3.89. The van der Waals surface area contributed by atoms with Gasteiger partial charge in [-0.25, -0.2) is 9.37 Å². The molecule has 0 saturated carbocycles. The molecule has 0 aliphatic heterocycles. The van der Waals surface area contributed by atoms with Crippen LogP contribution in [0.2, 0.25) is 0 Å². The predicted octanol–water partition coefficient (Wildman–Crippen LogP) is 2.78. The fourth-order valence-corrected chi connectivity index (χ4v) is 2.43. The minimum absolute atomic E-state index is 0.0586. The van der Waals surface area contributed by atoms with Crippen molar-refractivity contribution in [3.8, 4) is 5.75 Å². The highest BCUT2D eigenvalue weighted by Gasteiger charge is 2.07. The number of aromatic nitrogens is 1. The Bertz CT molecular complexity index is 578. The number of nitrogens with zero attached hydrogens (tertiary/aromatic N) is 1.